The van der Waals surface area contributed by atoms with Crippen molar-refractivity contribution >= 4 is 17.5 Å². The minimum atomic E-state index is -0.960. The van der Waals surface area contributed by atoms with Gasteiger partial charge in [0.25, 0.3) is 5.91 Å². The highest BCUT2D eigenvalue weighted by atomic mass is 16.5. The van der Waals surface area contributed by atoms with Crippen LogP contribution >= 0.6 is 0 Å². The van der Waals surface area contributed by atoms with Crippen LogP contribution < -0.4 is 19.5 Å². The molecule has 0 radical (unpaired) electrons. The highest BCUT2D eigenvalue weighted by Crippen LogP contribution is 2.34. The Morgan fingerprint density at radius 3 is 2.10 bits per heavy atom. The number of carbonyl (C=O) groups excluding carboxylic acids is 2. The van der Waals surface area contributed by atoms with Gasteiger partial charge in [-0.1, -0.05) is 60.7 Å². The van der Waals surface area contributed by atoms with Gasteiger partial charge in [-0.2, -0.15) is 0 Å². The number of benzene rings is 4. The van der Waals surface area contributed by atoms with Crippen LogP contribution in [0.4, 0.5) is 5.69 Å². The van der Waals surface area contributed by atoms with Crippen molar-refractivity contribution in [1.82, 2.24) is 4.90 Å². The summed E-state index contributed by atoms with van der Waals surface area (Å²) in [5.74, 6) is 1.13. The monoisotopic (exact) mass is 538 g/mol. The smallest absolute Gasteiger partial charge is 0.251 e. The predicted molar refractivity (Wildman–Crippen MR) is 156 cm³/mol. The second-order valence-electron chi connectivity index (χ2n) is 9.35. The van der Waals surface area contributed by atoms with Crippen molar-refractivity contribution in [2.75, 3.05) is 26.6 Å². The summed E-state index contributed by atoms with van der Waals surface area (Å²) < 4.78 is 16.2. The van der Waals surface area contributed by atoms with Crippen molar-refractivity contribution in [3.63, 3.8) is 0 Å². The number of ether oxygens (including phenoxy) is 3. The van der Waals surface area contributed by atoms with E-state index in [1.54, 1.807) is 68.7 Å². The van der Waals surface area contributed by atoms with E-state index in [-0.39, 0.29) is 24.8 Å². The Bertz CT molecular complexity index is 1440. The van der Waals surface area contributed by atoms with Crippen LogP contribution in [0.25, 0.3) is 0 Å². The van der Waals surface area contributed by atoms with Gasteiger partial charge in [-0.05, 0) is 65.6 Å². The predicted octanol–water partition coefficient (Wildman–Crippen LogP) is 5.97. The van der Waals surface area contributed by atoms with Gasteiger partial charge in [-0.3, -0.25) is 9.59 Å². The third-order valence-electron chi connectivity index (χ3n) is 6.76. The first kappa shape index (κ1) is 28.2. The Labute approximate surface area is 235 Å². The Balaban J connectivity index is 1.80. The fourth-order valence-electron chi connectivity index (χ4n) is 4.55. The maximum absolute atomic E-state index is 14.1. The number of nitrogens with zero attached hydrogens (tertiary/aromatic N) is 1. The van der Waals surface area contributed by atoms with E-state index in [0.29, 0.717) is 28.5 Å². The third kappa shape index (κ3) is 6.80. The minimum Gasteiger partial charge on any atom is -0.497 e. The number of rotatable bonds is 11. The lowest BCUT2D eigenvalue weighted by molar-refractivity contribution is -0.139. The Morgan fingerprint density at radius 2 is 1.45 bits per heavy atom. The van der Waals surface area contributed by atoms with Crippen LogP contribution in [0.2, 0.25) is 0 Å². The van der Waals surface area contributed by atoms with Crippen molar-refractivity contribution in [1.29, 1.82) is 0 Å². The van der Waals surface area contributed by atoms with Gasteiger partial charge in [0.1, 0.15) is 11.8 Å². The summed E-state index contributed by atoms with van der Waals surface area (Å²) in [6.07, 6.45) is 0.145. The number of hydrogen-bond acceptors (Lipinski definition) is 5. The molecule has 206 valence electrons. The van der Waals surface area contributed by atoms with E-state index in [9.17, 15) is 9.59 Å². The van der Waals surface area contributed by atoms with Gasteiger partial charge < -0.3 is 24.4 Å². The summed E-state index contributed by atoms with van der Waals surface area (Å²) in [6, 6.07) is 28.8. The van der Waals surface area contributed by atoms with E-state index in [0.717, 1.165) is 16.7 Å². The fraction of sp³-hybridized carbons (Fsp3) is 0.212. The van der Waals surface area contributed by atoms with E-state index in [1.165, 1.54) is 0 Å². The summed E-state index contributed by atoms with van der Waals surface area (Å²) in [5.41, 5.74) is 4.03. The summed E-state index contributed by atoms with van der Waals surface area (Å²) in [4.78, 5) is 29.8. The molecule has 7 heteroatoms. The molecule has 0 aliphatic carbocycles. The number of amides is 2. The molecule has 4 rings (SSSR count). The molecule has 4 aromatic rings. The van der Waals surface area contributed by atoms with E-state index in [4.69, 9.17) is 14.2 Å². The maximum atomic E-state index is 14.1. The average Bonchev–Trinajstić information content (AvgIpc) is 2.98. The minimum absolute atomic E-state index is 0.145. The molecule has 0 heterocycles. The van der Waals surface area contributed by atoms with Gasteiger partial charge in [0.2, 0.25) is 5.91 Å². The lowest BCUT2D eigenvalue weighted by atomic mass is 9.99. The van der Waals surface area contributed by atoms with E-state index in [2.05, 4.69) is 5.32 Å². The molecule has 0 aliphatic rings. The molecule has 0 aliphatic heterocycles. The van der Waals surface area contributed by atoms with Crippen LogP contribution in [0.5, 0.6) is 17.2 Å². The molecule has 0 saturated heterocycles. The third-order valence-corrected chi connectivity index (χ3v) is 6.76. The van der Waals surface area contributed by atoms with Crippen molar-refractivity contribution in [3.8, 4) is 17.2 Å². The molecule has 0 aromatic heterocycles. The van der Waals surface area contributed by atoms with Crippen molar-refractivity contribution < 1.29 is 23.8 Å². The molecule has 1 unspecified atom stereocenters. The maximum Gasteiger partial charge on any atom is 0.251 e. The summed E-state index contributed by atoms with van der Waals surface area (Å²) in [6.45, 7) is 2.24. The number of anilines is 1. The zero-order chi connectivity index (χ0) is 28.5. The molecule has 1 atom stereocenters. The quantitative estimate of drug-likeness (QED) is 0.255. The zero-order valence-electron chi connectivity index (χ0n) is 23.2. The zero-order valence-corrected chi connectivity index (χ0v) is 23.2. The number of carbonyl (C=O) groups is 2. The van der Waals surface area contributed by atoms with Gasteiger partial charge in [0, 0.05) is 12.2 Å². The van der Waals surface area contributed by atoms with Crippen LogP contribution in [0.3, 0.4) is 0 Å². The molecule has 1 N–H and O–H groups in total. The Kier molecular flexibility index (Phi) is 9.41. The topological polar surface area (TPSA) is 77.1 Å². The lowest BCUT2D eigenvalue weighted by Crippen LogP contribution is -2.41. The van der Waals surface area contributed by atoms with Gasteiger partial charge in [0.15, 0.2) is 11.5 Å². The molecule has 2 amide bonds. The van der Waals surface area contributed by atoms with Crippen molar-refractivity contribution in [2.24, 2.45) is 0 Å². The van der Waals surface area contributed by atoms with Crippen LogP contribution in [-0.4, -0.2) is 38.0 Å². The highest BCUT2D eigenvalue weighted by molar-refractivity contribution is 5.98. The molecular formula is C33H34N2O5. The lowest BCUT2D eigenvalue weighted by Gasteiger charge is -2.32. The molecule has 7 nitrogen and oxygen atoms in total. The Hall–Kier alpha value is -4.78. The molecule has 0 saturated carbocycles. The molecule has 0 spiro atoms. The van der Waals surface area contributed by atoms with Gasteiger partial charge in [-0.25, -0.2) is 0 Å². The van der Waals surface area contributed by atoms with Gasteiger partial charge in [0.05, 0.1) is 27.8 Å². The molecule has 40 heavy (non-hydrogen) atoms. The van der Waals surface area contributed by atoms with Crippen molar-refractivity contribution in [3.05, 3.63) is 119 Å². The molecule has 0 bridgehead atoms. The van der Waals surface area contributed by atoms with Crippen LogP contribution in [0, 0.1) is 6.92 Å². The molecular weight excluding hydrogens is 504 g/mol. The van der Waals surface area contributed by atoms with E-state index < -0.39 is 6.04 Å². The van der Waals surface area contributed by atoms with E-state index in [1.807, 2.05) is 61.5 Å². The first-order chi connectivity index (χ1) is 19.4. The second-order valence-corrected chi connectivity index (χ2v) is 9.35. The van der Waals surface area contributed by atoms with Crippen LogP contribution in [-0.2, 0) is 22.6 Å². The van der Waals surface area contributed by atoms with Crippen molar-refractivity contribution in [2.45, 2.75) is 25.9 Å². The van der Waals surface area contributed by atoms with Gasteiger partial charge >= 0.3 is 0 Å². The Morgan fingerprint density at radius 1 is 0.775 bits per heavy atom. The van der Waals surface area contributed by atoms with E-state index >= 15 is 0 Å². The number of methoxy groups -OCH3 is 3. The summed E-state index contributed by atoms with van der Waals surface area (Å²) >= 11 is 0. The average molecular weight is 539 g/mol. The molecule has 0 fully saturated rings. The first-order valence-electron chi connectivity index (χ1n) is 13.0. The SMILES string of the molecule is COc1ccc(NC(=O)C(c2ccc(OC)c(OC)c2)N(Cc2ccccc2C)C(=O)Cc2ccccc2)cc1. The summed E-state index contributed by atoms with van der Waals surface area (Å²) in [7, 11) is 4.68. The highest BCUT2D eigenvalue weighted by Gasteiger charge is 2.33. The van der Waals surface area contributed by atoms with Crippen LogP contribution in [0.1, 0.15) is 28.3 Å². The molecule has 4 aromatic carbocycles. The number of nitrogens with one attached hydrogen (secondary N) is 1. The standard InChI is InChI=1S/C33H34N2O5/c1-23-10-8-9-13-26(23)22-35(31(36)20-24-11-6-5-7-12-24)32(25-14-19-29(39-3)30(21-25)40-4)33(37)34-27-15-17-28(38-2)18-16-27/h5-19,21,32H,20,22H2,1-4H3,(H,34,37). The largest absolute Gasteiger partial charge is 0.497 e. The fourth-order valence-corrected chi connectivity index (χ4v) is 4.55. The number of aryl methyl sites for hydroxylation is 1. The number of hydrogen-bond donors (Lipinski definition) is 1. The van der Waals surface area contributed by atoms with Gasteiger partial charge in [-0.15, -0.1) is 0 Å². The van der Waals surface area contributed by atoms with Crippen LogP contribution in [0.15, 0.2) is 97.1 Å². The first-order valence-corrected chi connectivity index (χ1v) is 13.0. The normalized spacial score (nSPS) is 11.3. The second kappa shape index (κ2) is 13.3. The summed E-state index contributed by atoms with van der Waals surface area (Å²) in [5, 5.41) is 3.00.